The van der Waals surface area contributed by atoms with E-state index in [0.717, 1.165) is 12.1 Å². The van der Waals surface area contributed by atoms with E-state index in [0.29, 0.717) is 11.8 Å². The van der Waals surface area contributed by atoms with Gasteiger partial charge in [0.05, 0.1) is 17.2 Å². The van der Waals surface area contributed by atoms with E-state index < -0.39 is 39.5 Å². The number of alkyl halides is 6. The lowest BCUT2D eigenvalue weighted by Gasteiger charge is -2.22. The largest absolute Gasteiger partial charge is 0.487 e. The Hall–Kier alpha value is -2.33. The number of allylic oxidation sites excluding steroid dienone is 1. The summed E-state index contributed by atoms with van der Waals surface area (Å²) in [5, 5.41) is 1.84. The van der Waals surface area contributed by atoms with Crippen LogP contribution in [0.15, 0.2) is 53.1 Å². The molecule has 0 bridgehead atoms. The Morgan fingerprint density at radius 1 is 1.03 bits per heavy atom. The molecular weight excluding hydrogens is 456 g/mol. The van der Waals surface area contributed by atoms with Crippen molar-refractivity contribution in [1.82, 2.24) is 0 Å². The van der Waals surface area contributed by atoms with E-state index in [1.807, 2.05) is 0 Å². The van der Waals surface area contributed by atoms with Gasteiger partial charge in [-0.1, -0.05) is 35.9 Å². The first-order valence-corrected chi connectivity index (χ1v) is 9.69. The summed E-state index contributed by atoms with van der Waals surface area (Å²) in [6.07, 6.45) is -9.47. The molecule has 0 spiro atoms. The highest BCUT2D eigenvalue weighted by molar-refractivity contribution is 8.04. The second-order valence-corrected chi connectivity index (χ2v) is 7.56. The van der Waals surface area contributed by atoms with Gasteiger partial charge in [0.2, 0.25) is 5.76 Å². The SMILES string of the molecule is O=C(Nc1ccccc1-c1ccc(C(F)(F)F)c(Cl)c1)C1=C(C(F)(F)F)OCCS1. The molecule has 30 heavy (non-hydrogen) atoms. The van der Waals surface area contributed by atoms with Gasteiger partial charge >= 0.3 is 12.4 Å². The van der Waals surface area contributed by atoms with E-state index >= 15 is 0 Å². The fourth-order valence-corrected chi connectivity index (χ4v) is 3.88. The van der Waals surface area contributed by atoms with Gasteiger partial charge in [0.15, 0.2) is 0 Å². The number of carbonyl (C=O) groups is 1. The Morgan fingerprint density at radius 3 is 2.37 bits per heavy atom. The fourth-order valence-electron chi connectivity index (χ4n) is 2.73. The van der Waals surface area contributed by atoms with E-state index in [2.05, 4.69) is 10.1 Å². The number of anilines is 1. The first kappa shape index (κ1) is 22.4. The average molecular weight is 468 g/mol. The fraction of sp³-hybridized carbons (Fsp3) is 0.211. The third kappa shape index (κ3) is 4.86. The van der Waals surface area contributed by atoms with Crippen LogP contribution in [-0.2, 0) is 15.7 Å². The number of amides is 1. The maximum atomic E-state index is 13.1. The van der Waals surface area contributed by atoms with Gasteiger partial charge in [-0.05, 0) is 23.8 Å². The van der Waals surface area contributed by atoms with E-state index in [1.54, 1.807) is 6.07 Å². The molecule has 2 aromatic carbocycles. The van der Waals surface area contributed by atoms with Crippen LogP contribution in [0.2, 0.25) is 5.02 Å². The van der Waals surface area contributed by atoms with Crippen LogP contribution in [0.25, 0.3) is 11.1 Å². The van der Waals surface area contributed by atoms with Crippen molar-refractivity contribution in [2.75, 3.05) is 17.7 Å². The maximum absolute atomic E-state index is 13.1. The number of ether oxygens (including phenoxy) is 1. The zero-order chi connectivity index (χ0) is 22.1. The van der Waals surface area contributed by atoms with Crippen molar-refractivity contribution in [2.24, 2.45) is 0 Å². The molecule has 0 radical (unpaired) electrons. The summed E-state index contributed by atoms with van der Waals surface area (Å²) in [6.45, 7) is -0.184. The van der Waals surface area contributed by atoms with Gasteiger partial charge in [-0.3, -0.25) is 4.79 Å². The molecule has 1 aliphatic heterocycles. The van der Waals surface area contributed by atoms with Crippen LogP contribution in [0.5, 0.6) is 0 Å². The highest BCUT2D eigenvalue weighted by Crippen LogP contribution is 2.40. The zero-order valence-corrected chi connectivity index (χ0v) is 16.4. The summed E-state index contributed by atoms with van der Waals surface area (Å²) >= 11 is 6.46. The van der Waals surface area contributed by atoms with Gasteiger partial charge in [0.1, 0.15) is 4.91 Å². The third-order valence-electron chi connectivity index (χ3n) is 4.01. The number of benzene rings is 2. The molecule has 2 aromatic rings. The lowest BCUT2D eigenvalue weighted by molar-refractivity contribution is -0.137. The summed E-state index contributed by atoms with van der Waals surface area (Å²) in [6, 6.07) is 9.04. The van der Waals surface area contributed by atoms with Crippen molar-refractivity contribution < 1.29 is 35.9 Å². The molecule has 1 N–H and O–H groups in total. The number of hydrogen-bond acceptors (Lipinski definition) is 3. The Labute approximate surface area is 176 Å². The molecule has 11 heteroatoms. The first-order chi connectivity index (χ1) is 14.0. The number of halogens is 7. The van der Waals surface area contributed by atoms with E-state index in [4.69, 9.17) is 11.6 Å². The monoisotopic (exact) mass is 467 g/mol. The quantitative estimate of drug-likeness (QED) is 0.523. The average Bonchev–Trinajstić information content (AvgIpc) is 2.66. The Morgan fingerprint density at radius 2 is 1.73 bits per heavy atom. The molecule has 0 atom stereocenters. The van der Waals surface area contributed by atoms with Crippen LogP contribution in [-0.4, -0.2) is 24.4 Å². The van der Waals surface area contributed by atoms with Crippen LogP contribution < -0.4 is 5.32 Å². The van der Waals surface area contributed by atoms with Gasteiger partial charge in [-0.15, -0.1) is 11.8 Å². The molecule has 3 rings (SSSR count). The number of nitrogens with one attached hydrogen (secondary N) is 1. The van der Waals surface area contributed by atoms with Gasteiger partial charge in [0, 0.05) is 17.0 Å². The number of carbonyl (C=O) groups excluding carboxylic acids is 1. The molecule has 1 heterocycles. The van der Waals surface area contributed by atoms with Crippen molar-refractivity contribution in [3.8, 4) is 11.1 Å². The molecule has 0 aliphatic carbocycles. The van der Waals surface area contributed by atoms with E-state index in [-0.39, 0.29) is 29.2 Å². The summed E-state index contributed by atoms with van der Waals surface area (Å²) in [7, 11) is 0. The third-order valence-corrected chi connectivity index (χ3v) is 5.35. The Bertz CT molecular complexity index is 1000. The Kier molecular flexibility index (Phi) is 6.28. The molecule has 0 aromatic heterocycles. The summed E-state index contributed by atoms with van der Waals surface area (Å²) < 4.78 is 82.8. The predicted molar refractivity (Wildman–Crippen MR) is 102 cm³/mol. The van der Waals surface area contributed by atoms with E-state index in [9.17, 15) is 31.1 Å². The number of para-hydroxylation sites is 1. The highest BCUT2D eigenvalue weighted by Gasteiger charge is 2.42. The van der Waals surface area contributed by atoms with E-state index in [1.165, 1.54) is 24.3 Å². The van der Waals surface area contributed by atoms with Gasteiger partial charge in [-0.2, -0.15) is 26.3 Å². The summed E-state index contributed by atoms with van der Waals surface area (Å²) in [4.78, 5) is 11.9. The zero-order valence-electron chi connectivity index (χ0n) is 14.8. The molecule has 0 unspecified atom stereocenters. The highest BCUT2D eigenvalue weighted by atomic mass is 35.5. The van der Waals surface area contributed by atoms with Crippen molar-refractivity contribution in [3.63, 3.8) is 0 Å². The maximum Gasteiger partial charge on any atom is 0.450 e. The topological polar surface area (TPSA) is 38.3 Å². The molecule has 0 saturated heterocycles. The first-order valence-electron chi connectivity index (χ1n) is 8.33. The molecule has 0 fully saturated rings. The van der Waals surface area contributed by atoms with Crippen molar-refractivity contribution in [1.29, 1.82) is 0 Å². The lowest BCUT2D eigenvalue weighted by atomic mass is 10.0. The van der Waals surface area contributed by atoms with Crippen LogP contribution in [0.3, 0.4) is 0 Å². The number of thioether (sulfide) groups is 1. The standard InChI is InChI=1S/C19H12ClF6NO2S/c20-13-9-10(5-6-12(13)18(21,22)23)11-3-1-2-4-14(11)27-17(28)15-16(19(24,25)26)29-7-8-30-15/h1-6,9H,7-8H2,(H,27,28). The molecule has 3 nitrogen and oxygen atoms in total. The van der Waals surface area contributed by atoms with Crippen molar-refractivity contribution in [2.45, 2.75) is 12.4 Å². The second-order valence-electron chi connectivity index (χ2n) is 6.05. The molecule has 160 valence electrons. The minimum absolute atomic E-state index is 0.110. The van der Waals surface area contributed by atoms with Gasteiger partial charge in [-0.25, -0.2) is 0 Å². The van der Waals surface area contributed by atoms with Crippen LogP contribution >= 0.6 is 23.4 Å². The molecule has 1 aliphatic rings. The minimum atomic E-state index is -4.83. The van der Waals surface area contributed by atoms with Crippen LogP contribution in [0.4, 0.5) is 32.0 Å². The van der Waals surface area contributed by atoms with Crippen LogP contribution in [0.1, 0.15) is 5.56 Å². The molecule has 0 saturated carbocycles. The lowest BCUT2D eigenvalue weighted by Crippen LogP contribution is -2.26. The number of rotatable bonds is 3. The minimum Gasteiger partial charge on any atom is -0.487 e. The Balaban J connectivity index is 1.96. The normalized spacial score (nSPS) is 15.0. The summed E-state index contributed by atoms with van der Waals surface area (Å²) in [5.74, 6) is -2.23. The molecular formula is C19H12ClF6NO2S. The second kappa shape index (κ2) is 8.43. The smallest absolute Gasteiger partial charge is 0.450 e. The van der Waals surface area contributed by atoms with Crippen molar-refractivity contribution in [3.05, 3.63) is 63.7 Å². The summed E-state index contributed by atoms with van der Waals surface area (Å²) in [5.41, 5.74) is -0.373. The predicted octanol–water partition coefficient (Wildman–Crippen LogP) is 6.50. The van der Waals surface area contributed by atoms with Gasteiger partial charge < -0.3 is 10.1 Å². The molecule has 1 amide bonds. The number of hydrogen-bond donors (Lipinski definition) is 1. The van der Waals surface area contributed by atoms with Gasteiger partial charge in [0.25, 0.3) is 5.91 Å². The van der Waals surface area contributed by atoms with Crippen molar-refractivity contribution >= 4 is 35.0 Å². The van der Waals surface area contributed by atoms with Crippen LogP contribution in [0, 0.1) is 0 Å².